The molecule has 0 aromatic carbocycles. The molecule has 1 rings (SSSR count). The third-order valence-electron chi connectivity index (χ3n) is 5.04. The van der Waals surface area contributed by atoms with Gasteiger partial charge in [-0.1, -0.05) is 103 Å². The zero-order valence-corrected chi connectivity index (χ0v) is 16.0. The Morgan fingerprint density at radius 3 is 1.83 bits per heavy atom. The summed E-state index contributed by atoms with van der Waals surface area (Å²) in [5, 5.41) is 0. The second-order valence-electron chi connectivity index (χ2n) is 7.39. The first-order valence-electron chi connectivity index (χ1n) is 10.7. The minimum atomic E-state index is 0.552. The summed E-state index contributed by atoms with van der Waals surface area (Å²) in [5.74, 6) is 0. The summed E-state index contributed by atoms with van der Waals surface area (Å²) in [5.41, 5.74) is 0. The lowest BCUT2D eigenvalue weighted by molar-refractivity contribution is 0.358. The van der Waals surface area contributed by atoms with E-state index in [0.29, 0.717) is 12.2 Å². The van der Waals surface area contributed by atoms with Crippen LogP contribution in [0.15, 0.2) is 12.2 Å². The van der Waals surface area contributed by atoms with Crippen LogP contribution in [0.25, 0.3) is 0 Å². The predicted molar refractivity (Wildman–Crippen MR) is 103 cm³/mol. The molecule has 1 heteroatoms. The number of ether oxygens (including phenoxy) is 1. The molecule has 0 aliphatic carbocycles. The molecule has 0 unspecified atom stereocenters. The van der Waals surface area contributed by atoms with Crippen LogP contribution in [0.5, 0.6) is 0 Å². The van der Waals surface area contributed by atoms with Crippen LogP contribution < -0.4 is 0 Å². The number of hydrogen-bond donors (Lipinski definition) is 0. The Morgan fingerprint density at radius 2 is 1.17 bits per heavy atom. The highest BCUT2D eigenvalue weighted by molar-refractivity contribution is 4.93. The maximum absolute atomic E-state index is 5.78. The Kier molecular flexibility index (Phi) is 13.7. The molecular weight excluding hydrogens is 280 g/mol. The first kappa shape index (κ1) is 20.7. The summed E-state index contributed by atoms with van der Waals surface area (Å²) < 4.78 is 5.78. The number of epoxide rings is 1. The largest absolute Gasteiger partial charge is 0.369 e. The van der Waals surface area contributed by atoms with Gasteiger partial charge in [0.15, 0.2) is 0 Å². The van der Waals surface area contributed by atoms with E-state index in [1.54, 1.807) is 0 Å². The average Bonchev–Trinajstić information content (AvgIpc) is 3.31. The quantitative estimate of drug-likeness (QED) is 0.153. The summed E-state index contributed by atoms with van der Waals surface area (Å²) in [4.78, 5) is 0. The minimum absolute atomic E-state index is 0.552. The molecule has 0 N–H and O–H groups in total. The van der Waals surface area contributed by atoms with E-state index in [2.05, 4.69) is 26.0 Å². The van der Waals surface area contributed by atoms with E-state index in [1.807, 2.05) is 0 Å². The third-order valence-corrected chi connectivity index (χ3v) is 5.04. The molecule has 136 valence electrons. The van der Waals surface area contributed by atoms with Crippen LogP contribution in [0.1, 0.15) is 117 Å². The fraction of sp³-hybridized carbons (Fsp3) is 0.909. The molecular formula is C22H42O. The molecule has 1 nitrogen and oxygen atoms in total. The van der Waals surface area contributed by atoms with Crippen molar-refractivity contribution in [3.63, 3.8) is 0 Å². The standard InChI is InChI=1S/C22H42O/c1-3-5-7-9-11-12-13-14-16-18-20-22-21(23-22)19-17-15-10-8-6-4-2/h15,17,21-22H,3-14,16,18-20H2,1-2H3/b17-15-/t21-,22-/m1/s1. The average molecular weight is 323 g/mol. The summed E-state index contributed by atoms with van der Waals surface area (Å²) in [6.45, 7) is 4.55. The van der Waals surface area contributed by atoms with Crippen molar-refractivity contribution in [2.24, 2.45) is 0 Å². The number of rotatable bonds is 17. The second kappa shape index (κ2) is 15.2. The Hall–Kier alpha value is -0.300. The van der Waals surface area contributed by atoms with Crippen molar-refractivity contribution in [2.45, 2.75) is 129 Å². The molecule has 1 fully saturated rings. The van der Waals surface area contributed by atoms with Gasteiger partial charge in [-0.2, -0.15) is 0 Å². The first-order chi connectivity index (χ1) is 11.4. The lowest BCUT2D eigenvalue weighted by Gasteiger charge is -2.01. The topological polar surface area (TPSA) is 12.5 Å². The van der Waals surface area contributed by atoms with Crippen molar-refractivity contribution in [3.05, 3.63) is 12.2 Å². The maximum Gasteiger partial charge on any atom is 0.0876 e. The molecule has 0 aromatic rings. The van der Waals surface area contributed by atoms with Gasteiger partial charge in [-0.15, -0.1) is 0 Å². The Labute approximate surface area is 146 Å². The highest BCUT2D eigenvalue weighted by Gasteiger charge is 2.36. The highest BCUT2D eigenvalue weighted by Crippen LogP contribution is 2.30. The smallest absolute Gasteiger partial charge is 0.0876 e. The minimum Gasteiger partial charge on any atom is -0.369 e. The highest BCUT2D eigenvalue weighted by atomic mass is 16.6. The number of hydrogen-bond acceptors (Lipinski definition) is 1. The predicted octanol–water partition coefficient (Wildman–Crippen LogP) is 7.59. The van der Waals surface area contributed by atoms with Crippen molar-refractivity contribution < 1.29 is 4.74 Å². The number of unbranched alkanes of at least 4 members (excludes halogenated alkanes) is 12. The molecule has 0 bridgehead atoms. The van der Waals surface area contributed by atoms with Crippen LogP contribution in [-0.4, -0.2) is 12.2 Å². The van der Waals surface area contributed by atoms with Crippen molar-refractivity contribution in [1.82, 2.24) is 0 Å². The van der Waals surface area contributed by atoms with Crippen LogP contribution >= 0.6 is 0 Å². The van der Waals surface area contributed by atoms with Crippen LogP contribution in [0.2, 0.25) is 0 Å². The van der Waals surface area contributed by atoms with E-state index in [1.165, 1.54) is 96.3 Å². The fourth-order valence-electron chi connectivity index (χ4n) is 3.33. The van der Waals surface area contributed by atoms with E-state index in [-0.39, 0.29) is 0 Å². The zero-order chi connectivity index (χ0) is 16.6. The SMILES string of the molecule is CCCCC/C=C\C[C@H]1O[C@@H]1CCCCCCCCCCCC. The van der Waals surface area contributed by atoms with Crippen LogP contribution in [0.3, 0.4) is 0 Å². The van der Waals surface area contributed by atoms with Gasteiger partial charge in [0.05, 0.1) is 12.2 Å². The van der Waals surface area contributed by atoms with Gasteiger partial charge in [0.25, 0.3) is 0 Å². The molecule has 23 heavy (non-hydrogen) atoms. The van der Waals surface area contributed by atoms with Crippen molar-refractivity contribution >= 4 is 0 Å². The van der Waals surface area contributed by atoms with Gasteiger partial charge in [-0.25, -0.2) is 0 Å². The zero-order valence-electron chi connectivity index (χ0n) is 16.0. The monoisotopic (exact) mass is 322 g/mol. The molecule has 1 saturated heterocycles. The Balaban J connectivity index is 1.76. The van der Waals surface area contributed by atoms with Gasteiger partial charge in [0, 0.05) is 0 Å². The molecule has 0 radical (unpaired) electrons. The molecule has 0 saturated carbocycles. The second-order valence-corrected chi connectivity index (χ2v) is 7.39. The maximum atomic E-state index is 5.78. The fourth-order valence-corrected chi connectivity index (χ4v) is 3.33. The third kappa shape index (κ3) is 12.8. The summed E-state index contributed by atoms with van der Waals surface area (Å²) in [6.07, 6.45) is 27.8. The Bertz CT molecular complexity index is 271. The van der Waals surface area contributed by atoms with E-state index >= 15 is 0 Å². The van der Waals surface area contributed by atoms with E-state index < -0.39 is 0 Å². The van der Waals surface area contributed by atoms with Crippen LogP contribution in [-0.2, 0) is 4.74 Å². The van der Waals surface area contributed by atoms with Crippen molar-refractivity contribution in [2.75, 3.05) is 0 Å². The molecule has 0 spiro atoms. The van der Waals surface area contributed by atoms with Gasteiger partial charge in [-0.3, -0.25) is 0 Å². The lowest BCUT2D eigenvalue weighted by atomic mass is 10.0. The number of allylic oxidation sites excluding steroid dienone is 1. The van der Waals surface area contributed by atoms with Gasteiger partial charge in [-0.05, 0) is 25.7 Å². The van der Waals surface area contributed by atoms with Crippen molar-refractivity contribution in [1.29, 1.82) is 0 Å². The first-order valence-corrected chi connectivity index (χ1v) is 10.7. The van der Waals surface area contributed by atoms with Gasteiger partial charge < -0.3 is 4.74 Å². The normalized spacial score (nSPS) is 20.4. The van der Waals surface area contributed by atoms with E-state index in [0.717, 1.165) is 6.42 Å². The molecule has 1 aliphatic rings. The molecule has 1 heterocycles. The summed E-state index contributed by atoms with van der Waals surface area (Å²) >= 11 is 0. The van der Waals surface area contributed by atoms with Crippen molar-refractivity contribution in [3.8, 4) is 0 Å². The van der Waals surface area contributed by atoms with Crippen LogP contribution in [0, 0.1) is 0 Å². The molecule has 0 amide bonds. The molecule has 2 atom stereocenters. The Morgan fingerprint density at radius 1 is 0.609 bits per heavy atom. The molecule has 0 aromatic heterocycles. The van der Waals surface area contributed by atoms with E-state index in [4.69, 9.17) is 4.74 Å². The van der Waals surface area contributed by atoms with E-state index in [9.17, 15) is 0 Å². The van der Waals surface area contributed by atoms with Crippen LogP contribution in [0.4, 0.5) is 0 Å². The lowest BCUT2D eigenvalue weighted by Crippen LogP contribution is -1.93. The van der Waals surface area contributed by atoms with Gasteiger partial charge in [0.2, 0.25) is 0 Å². The summed E-state index contributed by atoms with van der Waals surface area (Å²) in [6, 6.07) is 0. The molecule has 1 aliphatic heterocycles. The van der Waals surface area contributed by atoms with Gasteiger partial charge in [0.1, 0.15) is 0 Å². The summed E-state index contributed by atoms with van der Waals surface area (Å²) in [7, 11) is 0. The van der Waals surface area contributed by atoms with Gasteiger partial charge >= 0.3 is 0 Å².